The van der Waals surface area contributed by atoms with E-state index in [1.165, 1.54) is 63.4 Å². The van der Waals surface area contributed by atoms with Crippen molar-refractivity contribution in [3.63, 3.8) is 0 Å². The molecule has 0 aromatic heterocycles. The van der Waals surface area contributed by atoms with Crippen LogP contribution in [0.25, 0.3) is 0 Å². The van der Waals surface area contributed by atoms with Crippen molar-refractivity contribution >= 4 is 5.97 Å². The van der Waals surface area contributed by atoms with Crippen molar-refractivity contribution in [3.8, 4) is 0 Å². The van der Waals surface area contributed by atoms with Gasteiger partial charge in [-0.15, -0.1) is 0 Å². The Bertz CT molecular complexity index is 468. The van der Waals surface area contributed by atoms with Crippen LogP contribution in [0, 0.1) is 0 Å². The normalized spacial score (nSPS) is 16.4. The number of hydrogen-bond donors (Lipinski definition) is 0. The SMILES string of the molecule is CCCCCCC1=C/C(=C/C(=O)OCC)CCC(CCCCCC)=C1. The number of carbonyl (C=O) groups is 1. The standard InChI is InChI=1S/C23H38O2/c1-4-7-9-11-13-20-15-16-22(19-23(24)25-6-3)18-21(17-20)14-12-10-8-5-2/h17-19H,4-16H2,1-3H3/b22-19+. The summed E-state index contributed by atoms with van der Waals surface area (Å²) in [7, 11) is 0. The number of ether oxygens (including phenoxy) is 1. The zero-order valence-electron chi connectivity index (χ0n) is 16.7. The maximum atomic E-state index is 11.8. The van der Waals surface area contributed by atoms with Crippen molar-refractivity contribution in [3.05, 3.63) is 34.9 Å². The zero-order valence-corrected chi connectivity index (χ0v) is 16.7. The lowest BCUT2D eigenvalue weighted by Crippen LogP contribution is -2.00. The first-order valence-electron chi connectivity index (χ1n) is 10.5. The molecule has 1 rings (SSSR count). The quantitative estimate of drug-likeness (QED) is 0.215. The third kappa shape index (κ3) is 10.3. The molecule has 142 valence electrons. The fourth-order valence-electron chi connectivity index (χ4n) is 3.32. The molecule has 0 atom stereocenters. The van der Waals surface area contributed by atoms with Gasteiger partial charge in [0.2, 0.25) is 0 Å². The highest BCUT2D eigenvalue weighted by atomic mass is 16.5. The second kappa shape index (κ2) is 13.9. The van der Waals surface area contributed by atoms with E-state index < -0.39 is 0 Å². The molecule has 0 saturated carbocycles. The minimum absolute atomic E-state index is 0.203. The minimum atomic E-state index is -0.203. The molecule has 1 aliphatic carbocycles. The molecule has 0 saturated heterocycles. The van der Waals surface area contributed by atoms with Crippen LogP contribution in [-0.4, -0.2) is 12.6 Å². The molecule has 0 radical (unpaired) electrons. The summed E-state index contributed by atoms with van der Waals surface area (Å²) in [6.45, 7) is 6.81. The predicted molar refractivity (Wildman–Crippen MR) is 108 cm³/mol. The lowest BCUT2D eigenvalue weighted by molar-refractivity contribution is -0.137. The van der Waals surface area contributed by atoms with Gasteiger partial charge in [-0.1, -0.05) is 70.1 Å². The van der Waals surface area contributed by atoms with Gasteiger partial charge in [0, 0.05) is 6.08 Å². The molecular formula is C23H38O2. The average molecular weight is 347 g/mol. The number of unbranched alkanes of at least 4 members (excludes halogenated alkanes) is 6. The number of rotatable bonds is 12. The van der Waals surface area contributed by atoms with Gasteiger partial charge < -0.3 is 4.74 Å². The van der Waals surface area contributed by atoms with Crippen LogP contribution in [0.2, 0.25) is 0 Å². The Balaban J connectivity index is 2.71. The van der Waals surface area contributed by atoms with Gasteiger partial charge in [0.25, 0.3) is 0 Å². The van der Waals surface area contributed by atoms with E-state index in [-0.39, 0.29) is 5.97 Å². The number of hydrogen-bond acceptors (Lipinski definition) is 2. The number of allylic oxidation sites excluding steroid dienone is 5. The van der Waals surface area contributed by atoms with Crippen LogP contribution < -0.4 is 0 Å². The van der Waals surface area contributed by atoms with Crippen molar-refractivity contribution < 1.29 is 9.53 Å². The second-order valence-electron chi connectivity index (χ2n) is 7.11. The Labute approximate surface area is 155 Å². The van der Waals surface area contributed by atoms with Crippen LogP contribution in [0.15, 0.2) is 34.9 Å². The van der Waals surface area contributed by atoms with Crippen molar-refractivity contribution in [2.24, 2.45) is 0 Å². The Hall–Kier alpha value is -1.31. The first-order chi connectivity index (χ1) is 12.2. The third-order valence-electron chi connectivity index (χ3n) is 4.76. The monoisotopic (exact) mass is 346 g/mol. The van der Waals surface area contributed by atoms with Gasteiger partial charge in [-0.2, -0.15) is 0 Å². The molecule has 2 nitrogen and oxygen atoms in total. The smallest absolute Gasteiger partial charge is 0.331 e. The van der Waals surface area contributed by atoms with Gasteiger partial charge in [0.15, 0.2) is 0 Å². The maximum absolute atomic E-state index is 11.8. The van der Waals surface area contributed by atoms with Crippen LogP contribution >= 0.6 is 0 Å². The second-order valence-corrected chi connectivity index (χ2v) is 7.11. The highest BCUT2D eigenvalue weighted by Gasteiger charge is 2.10. The third-order valence-corrected chi connectivity index (χ3v) is 4.76. The highest BCUT2D eigenvalue weighted by Crippen LogP contribution is 2.27. The molecule has 0 aromatic rings. The molecule has 0 fully saturated rings. The first-order valence-corrected chi connectivity index (χ1v) is 10.5. The van der Waals surface area contributed by atoms with E-state index in [1.807, 2.05) is 6.92 Å². The van der Waals surface area contributed by atoms with Crippen LogP contribution in [0.3, 0.4) is 0 Å². The summed E-state index contributed by atoms with van der Waals surface area (Å²) in [5.41, 5.74) is 4.09. The van der Waals surface area contributed by atoms with Crippen LogP contribution in [0.4, 0.5) is 0 Å². The van der Waals surface area contributed by atoms with E-state index in [4.69, 9.17) is 4.74 Å². The first kappa shape index (κ1) is 21.7. The van der Waals surface area contributed by atoms with Gasteiger partial charge in [-0.25, -0.2) is 4.79 Å². The highest BCUT2D eigenvalue weighted by molar-refractivity contribution is 5.83. The van der Waals surface area contributed by atoms with E-state index in [0.29, 0.717) is 6.61 Å². The summed E-state index contributed by atoms with van der Waals surface area (Å²) in [6, 6.07) is 0. The molecule has 0 unspecified atom stereocenters. The lowest BCUT2D eigenvalue weighted by Gasteiger charge is -2.06. The summed E-state index contributed by atoms with van der Waals surface area (Å²) in [6.07, 6.45) is 21.1. The zero-order chi connectivity index (χ0) is 18.3. The molecule has 0 spiro atoms. The summed E-state index contributed by atoms with van der Waals surface area (Å²) < 4.78 is 5.09. The lowest BCUT2D eigenvalue weighted by atomic mass is 9.99. The topological polar surface area (TPSA) is 26.3 Å². The molecular weight excluding hydrogens is 308 g/mol. The van der Waals surface area contributed by atoms with Crippen molar-refractivity contribution in [1.29, 1.82) is 0 Å². The van der Waals surface area contributed by atoms with E-state index in [9.17, 15) is 4.79 Å². The molecule has 0 aliphatic heterocycles. The van der Waals surface area contributed by atoms with E-state index in [2.05, 4.69) is 26.0 Å². The molecule has 0 aromatic carbocycles. The van der Waals surface area contributed by atoms with Gasteiger partial charge in [0.05, 0.1) is 6.61 Å². The molecule has 0 amide bonds. The van der Waals surface area contributed by atoms with E-state index in [1.54, 1.807) is 11.6 Å². The Kier molecular flexibility index (Phi) is 12.1. The van der Waals surface area contributed by atoms with Crippen molar-refractivity contribution in [2.75, 3.05) is 6.61 Å². The van der Waals surface area contributed by atoms with E-state index in [0.717, 1.165) is 24.8 Å². The minimum Gasteiger partial charge on any atom is -0.463 e. The summed E-state index contributed by atoms with van der Waals surface area (Å²) in [5, 5.41) is 0. The Morgan fingerprint density at radius 1 is 0.920 bits per heavy atom. The molecule has 2 heteroatoms. The summed E-state index contributed by atoms with van der Waals surface area (Å²) >= 11 is 0. The van der Waals surface area contributed by atoms with Crippen LogP contribution in [0.5, 0.6) is 0 Å². The molecule has 25 heavy (non-hydrogen) atoms. The number of esters is 1. The Morgan fingerprint density at radius 2 is 1.60 bits per heavy atom. The van der Waals surface area contributed by atoms with Gasteiger partial charge in [0.1, 0.15) is 0 Å². The Morgan fingerprint density at radius 3 is 2.24 bits per heavy atom. The molecule has 0 N–H and O–H groups in total. The predicted octanol–water partition coefficient (Wildman–Crippen LogP) is 7.06. The summed E-state index contributed by atoms with van der Waals surface area (Å²) in [4.78, 5) is 11.8. The fourth-order valence-corrected chi connectivity index (χ4v) is 3.32. The van der Waals surface area contributed by atoms with Crippen molar-refractivity contribution in [2.45, 2.75) is 97.8 Å². The largest absolute Gasteiger partial charge is 0.463 e. The summed E-state index contributed by atoms with van der Waals surface area (Å²) in [5.74, 6) is -0.203. The number of carbonyl (C=O) groups excluding carboxylic acids is 1. The van der Waals surface area contributed by atoms with Gasteiger partial charge >= 0.3 is 5.97 Å². The van der Waals surface area contributed by atoms with Crippen molar-refractivity contribution in [1.82, 2.24) is 0 Å². The maximum Gasteiger partial charge on any atom is 0.331 e. The van der Waals surface area contributed by atoms with Crippen LogP contribution in [0.1, 0.15) is 97.8 Å². The molecule has 0 bridgehead atoms. The fraction of sp³-hybridized carbons (Fsp3) is 0.696. The van der Waals surface area contributed by atoms with Gasteiger partial charge in [-0.3, -0.25) is 0 Å². The van der Waals surface area contributed by atoms with E-state index >= 15 is 0 Å². The van der Waals surface area contributed by atoms with Crippen LogP contribution in [-0.2, 0) is 9.53 Å². The molecule has 0 heterocycles. The van der Waals surface area contributed by atoms with Gasteiger partial charge in [-0.05, 0) is 56.6 Å². The average Bonchev–Trinajstić information content (AvgIpc) is 2.78. The molecule has 1 aliphatic rings.